The van der Waals surface area contributed by atoms with Gasteiger partial charge in [-0.2, -0.15) is 8.42 Å². The maximum atomic E-state index is 10.5. The van der Waals surface area contributed by atoms with Crippen LogP contribution in [-0.4, -0.2) is 37.5 Å². The molecule has 5 heteroatoms. The van der Waals surface area contributed by atoms with Gasteiger partial charge in [-0.1, -0.05) is 38.5 Å². The van der Waals surface area contributed by atoms with Crippen LogP contribution in [0.5, 0.6) is 0 Å². The highest BCUT2D eigenvalue weighted by molar-refractivity contribution is 7.85. The second-order valence-electron chi connectivity index (χ2n) is 5.13. The lowest BCUT2D eigenvalue weighted by molar-refractivity contribution is 0.275. The van der Waals surface area contributed by atoms with Crippen LogP contribution in [0.25, 0.3) is 0 Å². The number of hydrogen-bond donors (Lipinski definition) is 1. The third-order valence-corrected chi connectivity index (χ3v) is 3.81. The van der Waals surface area contributed by atoms with Crippen LogP contribution in [0.1, 0.15) is 45.6 Å². The first-order valence-corrected chi connectivity index (χ1v) is 9.05. The van der Waals surface area contributed by atoms with E-state index in [2.05, 4.69) is 25.7 Å². The second kappa shape index (κ2) is 10.8. The Labute approximate surface area is 129 Å². The molecule has 0 bridgehead atoms. The Balaban J connectivity index is 0.000000384. The van der Waals surface area contributed by atoms with Crippen molar-refractivity contribution in [2.75, 3.05) is 19.6 Å². The minimum Gasteiger partial charge on any atom is -0.303 e. The predicted molar refractivity (Wildman–Crippen MR) is 88.3 cm³/mol. The average Bonchev–Trinajstić information content (AvgIpc) is 2.40. The maximum absolute atomic E-state index is 10.5. The van der Waals surface area contributed by atoms with Crippen LogP contribution in [0.4, 0.5) is 0 Å². The molecule has 0 aliphatic carbocycles. The molecule has 0 aromatic heterocycles. The van der Waals surface area contributed by atoms with Crippen molar-refractivity contribution in [2.45, 2.75) is 51.9 Å². The summed E-state index contributed by atoms with van der Waals surface area (Å²) in [7, 11) is -4.02. The SMILES string of the molecule is CCCN(CCC)CCC.Cc1ccc(S(=O)(=O)O)cc1. The van der Waals surface area contributed by atoms with E-state index in [1.165, 1.54) is 51.0 Å². The van der Waals surface area contributed by atoms with Crippen LogP contribution in [0.3, 0.4) is 0 Å². The number of aryl methyl sites for hydroxylation is 1. The standard InChI is InChI=1S/C9H21N.C7H8O3S/c1-4-7-10(8-5-2)9-6-3;1-6-2-4-7(5-3-6)11(8,9)10/h4-9H2,1-3H3;2-5H,1H3,(H,8,9,10). The van der Waals surface area contributed by atoms with E-state index in [4.69, 9.17) is 4.55 Å². The summed E-state index contributed by atoms with van der Waals surface area (Å²) in [6.07, 6.45) is 3.88. The Morgan fingerprint density at radius 2 is 1.29 bits per heavy atom. The van der Waals surface area contributed by atoms with Crippen LogP contribution in [-0.2, 0) is 10.1 Å². The first-order valence-electron chi connectivity index (χ1n) is 7.61. The third kappa shape index (κ3) is 9.61. The van der Waals surface area contributed by atoms with Gasteiger partial charge in [-0.25, -0.2) is 0 Å². The van der Waals surface area contributed by atoms with Gasteiger partial charge >= 0.3 is 0 Å². The fraction of sp³-hybridized carbons (Fsp3) is 0.625. The Kier molecular flexibility index (Phi) is 10.3. The molecule has 0 amide bonds. The minimum absolute atomic E-state index is 0.0666. The van der Waals surface area contributed by atoms with Gasteiger partial charge in [0.05, 0.1) is 4.90 Å². The van der Waals surface area contributed by atoms with Gasteiger partial charge in [-0.05, 0) is 58.0 Å². The van der Waals surface area contributed by atoms with Gasteiger partial charge in [-0.3, -0.25) is 4.55 Å². The van der Waals surface area contributed by atoms with E-state index in [9.17, 15) is 8.42 Å². The normalized spacial score (nSPS) is 11.1. The quantitative estimate of drug-likeness (QED) is 0.778. The molecule has 0 saturated heterocycles. The Morgan fingerprint density at radius 3 is 1.57 bits per heavy atom. The van der Waals surface area contributed by atoms with Gasteiger partial charge in [0, 0.05) is 0 Å². The van der Waals surface area contributed by atoms with Crippen LogP contribution in [0, 0.1) is 6.92 Å². The van der Waals surface area contributed by atoms with Crippen molar-refractivity contribution >= 4 is 10.1 Å². The minimum atomic E-state index is -4.02. The Hall–Kier alpha value is -0.910. The summed E-state index contributed by atoms with van der Waals surface area (Å²) in [5, 5.41) is 0. The van der Waals surface area contributed by atoms with Crippen molar-refractivity contribution in [3.8, 4) is 0 Å². The molecule has 0 spiro atoms. The summed E-state index contributed by atoms with van der Waals surface area (Å²) in [6.45, 7) is 12.4. The van der Waals surface area contributed by atoms with Gasteiger partial charge in [-0.15, -0.1) is 0 Å². The lowest BCUT2D eigenvalue weighted by Crippen LogP contribution is -2.25. The van der Waals surface area contributed by atoms with Crippen LogP contribution in [0.15, 0.2) is 29.2 Å². The van der Waals surface area contributed by atoms with Crippen LogP contribution < -0.4 is 0 Å². The third-order valence-electron chi connectivity index (χ3n) is 2.94. The lowest BCUT2D eigenvalue weighted by Gasteiger charge is -2.19. The number of hydrogen-bond acceptors (Lipinski definition) is 3. The molecule has 0 heterocycles. The molecular formula is C16H29NO3S. The van der Waals surface area contributed by atoms with E-state index in [0.717, 1.165) is 5.56 Å². The summed E-state index contributed by atoms with van der Waals surface area (Å²) < 4.78 is 29.6. The molecular weight excluding hydrogens is 286 g/mol. The molecule has 1 rings (SSSR count). The molecule has 122 valence electrons. The topological polar surface area (TPSA) is 57.6 Å². The molecule has 0 unspecified atom stereocenters. The number of nitrogens with zero attached hydrogens (tertiary/aromatic N) is 1. The molecule has 21 heavy (non-hydrogen) atoms. The van der Waals surface area contributed by atoms with E-state index in [-0.39, 0.29) is 4.90 Å². The zero-order valence-corrected chi connectivity index (χ0v) is 14.5. The molecule has 0 saturated carbocycles. The second-order valence-corrected chi connectivity index (χ2v) is 6.55. The summed E-state index contributed by atoms with van der Waals surface area (Å²) >= 11 is 0. The van der Waals surface area contributed by atoms with Gasteiger partial charge in [0.25, 0.3) is 10.1 Å². The van der Waals surface area contributed by atoms with Crippen molar-refractivity contribution in [1.29, 1.82) is 0 Å². The van der Waals surface area contributed by atoms with Crippen LogP contribution in [0.2, 0.25) is 0 Å². The largest absolute Gasteiger partial charge is 0.303 e. The highest BCUT2D eigenvalue weighted by Gasteiger charge is 2.06. The average molecular weight is 315 g/mol. The molecule has 0 radical (unpaired) electrons. The summed E-state index contributed by atoms with van der Waals surface area (Å²) in [4.78, 5) is 2.48. The van der Waals surface area contributed by atoms with Gasteiger partial charge in [0.15, 0.2) is 0 Å². The van der Waals surface area contributed by atoms with Gasteiger partial charge in [0.1, 0.15) is 0 Å². The van der Waals surface area contributed by atoms with Crippen molar-refractivity contribution in [3.05, 3.63) is 29.8 Å². The first kappa shape index (κ1) is 20.1. The van der Waals surface area contributed by atoms with Crippen molar-refractivity contribution < 1.29 is 13.0 Å². The van der Waals surface area contributed by atoms with E-state index < -0.39 is 10.1 Å². The maximum Gasteiger partial charge on any atom is 0.294 e. The van der Waals surface area contributed by atoms with E-state index in [0.29, 0.717) is 0 Å². The fourth-order valence-electron chi connectivity index (χ4n) is 1.99. The zero-order valence-electron chi connectivity index (χ0n) is 13.7. The number of benzene rings is 1. The highest BCUT2D eigenvalue weighted by Crippen LogP contribution is 2.08. The van der Waals surface area contributed by atoms with Crippen molar-refractivity contribution in [2.24, 2.45) is 0 Å². The first-order chi connectivity index (χ1) is 9.85. The van der Waals surface area contributed by atoms with E-state index in [1.54, 1.807) is 12.1 Å². The zero-order chi connectivity index (χ0) is 16.3. The lowest BCUT2D eigenvalue weighted by atomic mass is 10.2. The molecule has 1 aromatic rings. The van der Waals surface area contributed by atoms with Crippen molar-refractivity contribution in [1.82, 2.24) is 4.90 Å². The highest BCUT2D eigenvalue weighted by atomic mass is 32.2. The Morgan fingerprint density at radius 1 is 0.905 bits per heavy atom. The Bertz CT molecular complexity index is 455. The summed E-state index contributed by atoms with van der Waals surface area (Å²) in [5.41, 5.74) is 0.956. The summed E-state index contributed by atoms with van der Waals surface area (Å²) in [6, 6.07) is 5.99. The monoisotopic (exact) mass is 315 g/mol. The molecule has 0 atom stereocenters. The molecule has 0 fully saturated rings. The van der Waals surface area contributed by atoms with E-state index in [1.807, 2.05) is 6.92 Å². The number of rotatable bonds is 7. The van der Waals surface area contributed by atoms with Crippen LogP contribution >= 0.6 is 0 Å². The van der Waals surface area contributed by atoms with Gasteiger partial charge in [0.2, 0.25) is 0 Å². The van der Waals surface area contributed by atoms with Crippen molar-refractivity contribution in [3.63, 3.8) is 0 Å². The summed E-state index contributed by atoms with van der Waals surface area (Å²) in [5.74, 6) is 0. The molecule has 1 aromatic carbocycles. The molecule has 1 N–H and O–H groups in total. The van der Waals surface area contributed by atoms with Gasteiger partial charge < -0.3 is 4.90 Å². The molecule has 0 aliphatic heterocycles. The fourth-order valence-corrected chi connectivity index (χ4v) is 2.47. The molecule has 4 nitrogen and oxygen atoms in total. The van der Waals surface area contributed by atoms with E-state index >= 15 is 0 Å². The predicted octanol–water partition coefficient (Wildman–Crippen LogP) is 3.76. The molecule has 0 aliphatic rings. The smallest absolute Gasteiger partial charge is 0.294 e.